The zero-order valence-electron chi connectivity index (χ0n) is 24.3. The lowest BCUT2D eigenvalue weighted by atomic mass is 9.92. The number of hydrogen-bond donors (Lipinski definition) is 3. The highest BCUT2D eigenvalue weighted by atomic mass is 19.1. The molecule has 222 valence electrons. The maximum Gasteiger partial charge on any atom is 0.270 e. The van der Waals surface area contributed by atoms with Gasteiger partial charge in [0, 0.05) is 48.0 Å². The Labute approximate surface area is 246 Å². The number of rotatable bonds is 11. The van der Waals surface area contributed by atoms with Gasteiger partial charge in [-0.2, -0.15) is 0 Å². The van der Waals surface area contributed by atoms with Crippen LogP contribution >= 0.6 is 0 Å². The molecule has 3 amide bonds. The zero-order chi connectivity index (χ0) is 30.1. The van der Waals surface area contributed by atoms with E-state index in [9.17, 15) is 18.8 Å². The number of pyridine rings is 1. The first-order valence-corrected chi connectivity index (χ1v) is 14.7. The van der Waals surface area contributed by atoms with Crippen LogP contribution in [0.25, 0.3) is 0 Å². The molecule has 42 heavy (non-hydrogen) atoms. The predicted molar refractivity (Wildman–Crippen MR) is 161 cm³/mol. The summed E-state index contributed by atoms with van der Waals surface area (Å²) in [6, 6.07) is 17.5. The van der Waals surface area contributed by atoms with Gasteiger partial charge in [0.2, 0.25) is 5.91 Å². The molecular weight excluding hydrogens is 533 g/mol. The number of aromatic nitrogens is 1. The lowest BCUT2D eigenvalue weighted by molar-refractivity contribution is -0.119. The summed E-state index contributed by atoms with van der Waals surface area (Å²) in [6.45, 7) is 4.56. The van der Waals surface area contributed by atoms with Crippen molar-refractivity contribution in [2.45, 2.75) is 70.5 Å². The van der Waals surface area contributed by atoms with Crippen molar-refractivity contribution in [3.63, 3.8) is 0 Å². The number of nitrogens with two attached hydrogens (primary N) is 1. The normalized spacial score (nSPS) is 17.1. The van der Waals surface area contributed by atoms with Gasteiger partial charge in [0.1, 0.15) is 11.5 Å². The van der Waals surface area contributed by atoms with Crippen LogP contribution in [0.5, 0.6) is 0 Å². The Bertz CT molecular complexity index is 1350. The molecule has 4 atom stereocenters. The van der Waals surface area contributed by atoms with Crippen LogP contribution in [0.1, 0.15) is 72.4 Å². The number of benzene rings is 2. The highest BCUT2D eigenvalue weighted by molar-refractivity contribution is 5.98. The van der Waals surface area contributed by atoms with Crippen molar-refractivity contribution in [2.75, 3.05) is 11.9 Å². The van der Waals surface area contributed by atoms with Gasteiger partial charge in [-0.1, -0.05) is 44.2 Å². The Kier molecular flexibility index (Phi) is 10.8. The number of anilines is 1. The molecular formula is C33H40FN5O3. The molecule has 8 nitrogen and oxygen atoms in total. The summed E-state index contributed by atoms with van der Waals surface area (Å²) in [5.74, 6) is -1.64. The summed E-state index contributed by atoms with van der Waals surface area (Å²) in [7, 11) is 0. The van der Waals surface area contributed by atoms with Gasteiger partial charge in [0.15, 0.2) is 0 Å². The van der Waals surface area contributed by atoms with Gasteiger partial charge in [-0.05, 0) is 80.5 Å². The van der Waals surface area contributed by atoms with Crippen LogP contribution < -0.4 is 16.4 Å². The van der Waals surface area contributed by atoms with Crippen LogP contribution in [0.15, 0.2) is 72.9 Å². The number of nitrogens with one attached hydrogen (secondary N) is 2. The largest absolute Gasteiger partial charge is 0.346 e. The zero-order valence-corrected chi connectivity index (χ0v) is 24.3. The number of likely N-dealkylation sites (tertiary alicyclic amines) is 1. The van der Waals surface area contributed by atoms with E-state index in [4.69, 9.17) is 5.73 Å². The summed E-state index contributed by atoms with van der Waals surface area (Å²) in [5.41, 5.74) is 8.67. The first kappa shape index (κ1) is 30.8. The average Bonchev–Trinajstić information content (AvgIpc) is 3.01. The van der Waals surface area contributed by atoms with E-state index in [1.54, 1.807) is 19.1 Å². The van der Waals surface area contributed by atoms with Crippen LogP contribution in [0.3, 0.4) is 0 Å². The first-order chi connectivity index (χ1) is 20.2. The molecule has 0 bridgehead atoms. The van der Waals surface area contributed by atoms with E-state index >= 15 is 0 Å². The van der Waals surface area contributed by atoms with Gasteiger partial charge in [0.25, 0.3) is 11.8 Å². The fourth-order valence-corrected chi connectivity index (χ4v) is 5.44. The molecule has 2 heterocycles. The van der Waals surface area contributed by atoms with Crippen LogP contribution in [0.2, 0.25) is 0 Å². The van der Waals surface area contributed by atoms with E-state index in [-0.39, 0.29) is 29.4 Å². The van der Waals surface area contributed by atoms with Crippen molar-refractivity contribution >= 4 is 23.4 Å². The molecule has 1 aliphatic rings. The SMILES string of the molecule is CCC1CCCCN1C(=O)c1ccnc(C(=O)N[C@@H](Cc2ccccc2)[C@@H](N)C[C@@H](C)C(=O)Nc2ccc(F)cc2)c1. The molecule has 9 heteroatoms. The fraction of sp³-hybridized carbons (Fsp3) is 0.394. The molecule has 1 unspecified atom stereocenters. The average molecular weight is 574 g/mol. The number of carbonyl (C=O) groups is 3. The maximum atomic E-state index is 13.4. The van der Waals surface area contributed by atoms with Gasteiger partial charge < -0.3 is 21.3 Å². The second kappa shape index (κ2) is 14.7. The van der Waals surface area contributed by atoms with Crippen LogP contribution in [-0.4, -0.2) is 52.3 Å². The summed E-state index contributed by atoms with van der Waals surface area (Å²) >= 11 is 0. The summed E-state index contributed by atoms with van der Waals surface area (Å²) < 4.78 is 13.2. The monoisotopic (exact) mass is 573 g/mol. The molecule has 0 radical (unpaired) electrons. The second-order valence-electron chi connectivity index (χ2n) is 11.1. The van der Waals surface area contributed by atoms with Crippen LogP contribution in [0.4, 0.5) is 10.1 Å². The van der Waals surface area contributed by atoms with Crippen molar-refractivity contribution in [3.05, 3.63) is 95.6 Å². The standard InChI is InChI=1S/C33H40FN5O3/c1-3-27-11-7-8-18-39(27)33(42)24-16-17-36-30(21-24)32(41)38-29(20-23-9-5-4-6-10-23)28(35)19-22(2)31(40)37-26-14-12-25(34)13-15-26/h4-6,9-10,12-17,21-22,27-29H,3,7-8,11,18-20,35H2,1-2H3,(H,37,40)(H,38,41)/t22-,27?,28+,29+/m1/s1. The number of amides is 3. The van der Waals surface area contributed by atoms with Crippen molar-refractivity contribution in [1.29, 1.82) is 0 Å². The molecule has 1 aliphatic heterocycles. The minimum atomic E-state index is -0.563. The van der Waals surface area contributed by atoms with Gasteiger partial charge in [0.05, 0.1) is 0 Å². The third-order valence-corrected chi connectivity index (χ3v) is 7.92. The topological polar surface area (TPSA) is 117 Å². The van der Waals surface area contributed by atoms with E-state index in [1.807, 2.05) is 35.2 Å². The van der Waals surface area contributed by atoms with E-state index in [0.29, 0.717) is 30.6 Å². The minimum absolute atomic E-state index is 0.0865. The lowest BCUT2D eigenvalue weighted by Crippen LogP contribution is -2.50. The van der Waals surface area contributed by atoms with E-state index < -0.39 is 23.9 Å². The molecule has 1 saturated heterocycles. The van der Waals surface area contributed by atoms with Crippen LogP contribution in [-0.2, 0) is 11.2 Å². The van der Waals surface area contributed by atoms with Crippen molar-refractivity contribution in [2.24, 2.45) is 11.7 Å². The smallest absolute Gasteiger partial charge is 0.270 e. The minimum Gasteiger partial charge on any atom is -0.346 e. The number of hydrogen-bond acceptors (Lipinski definition) is 5. The van der Waals surface area contributed by atoms with Gasteiger partial charge in [-0.25, -0.2) is 4.39 Å². The molecule has 0 saturated carbocycles. The lowest BCUT2D eigenvalue weighted by Gasteiger charge is -2.35. The summed E-state index contributed by atoms with van der Waals surface area (Å²) in [6.07, 6.45) is 6.20. The molecule has 0 aliphatic carbocycles. The van der Waals surface area contributed by atoms with Gasteiger partial charge in [-0.15, -0.1) is 0 Å². The highest BCUT2D eigenvalue weighted by Crippen LogP contribution is 2.22. The van der Waals surface area contributed by atoms with E-state index in [1.165, 1.54) is 30.5 Å². The summed E-state index contributed by atoms with van der Waals surface area (Å²) in [5, 5.41) is 5.81. The second-order valence-corrected chi connectivity index (χ2v) is 11.1. The molecule has 3 aromatic rings. The summed E-state index contributed by atoms with van der Waals surface area (Å²) in [4.78, 5) is 45.8. The molecule has 1 aromatic heterocycles. The Morgan fingerprint density at radius 3 is 2.52 bits per heavy atom. The third kappa shape index (κ3) is 8.22. The maximum absolute atomic E-state index is 13.4. The number of piperidine rings is 1. The predicted octanol–water partition coefficient (Wildman–Crippen LogP) is 4.96. The third-order valence-electron chi connectivity index (χ3n) is 7.92. The Balaban J connectivity index is 1.46. The van der Waals surface area contributed by atoms with Crippen molar-refractivity contribution in [3.8, 4) is 0 Å². The highest BCUT2D eigenvalue weighted by Gasteiger charge is 2.28. The van der Waals surface area contributed by atoms with E-state index in [0.717, 1.165) is 31.2 Å². The Morgan fingerprint density at radius 2 is 1.81 bits per heavy atom. The molecule has 4 rings (SSSR count). The van der Waals surface area contributed by atoms with Gasteiger partial charge >= 0.3 is 0 Å². The first-order valence-electron chi connectivity index (χ1n) is 14.7. The Hall–Kier alpha value is -4.11. The number of nitrogens with zero attached hydrogens (tertiary/aromatic N) is 2. The fourth-order valence-electron chi connectivity index (χ4n) is 5.44. The molecule has 0 spiro atoms. The van der Waals surface area contributed by atoms with Crippen molar-refractivity contribution in [1.82, 2.24) is 15.2 Å². The van der Waals surface area contributed by atoms with Crippen LogP contribution in [0, 0.1) is 11.7 Å². The van der Waals surface area contributed by atoms with E-state index in [2.05, 4.69) is 22.5 Å². The molecule has 1 fully saturated rings. The van der Waals surface area contributed by atoms with Gasteiger partial charge in [-0.3, -0.25) is 19.4 Å². The number of carbonyl (C=O) groups excluding carboxylic acids is 3. The molecule has 4 N–H and O–H groups in total. The number of halogens is 1. The molecule has 2 aromatic carbocycles. The van der Waals surface area contributed by atoms with Crippen molar-refractivity contribution < 1.29 is 18.8 Å². The quantitative estimate of drug-likeness (QED) is 0.300. The Morgan fingerprint density at radius 1 is 1.07 bits per heavy atom.